The van der Waals surface area contributed by atoms with E-state index < -0.39 is 0 Å². The Morgan fingerprint density at radius 2 is 2.00 bits per heavy atom. The molecule has 146 valence electrons. The van der Waals surface area contributed by atoms with Crippen LogP contribution in [0.3, 0.4) is 0 Å². The fraction of sp³-hybridized carbons (Fsp3) is 0.550. The van der Waals surface area contributed by atoms with Gasteiger partial charge in [-0.1, -0.05) is 36.4 Å². The third-order valence-corrected chi connectivity index (χ3v) is 4.39. The van der Waals surface area contributed by atoms with E-state index in [2.05, 4.69) is 57.4 Å². The van der Waals surface area contributed by atoms with Gasteiger partial charge in [-0.15, -0.1) is 30.6 Å². The highest BCUT2D eigenvalue weighted by Crippen LogP contribution is 2.16. The Morgan fingerprint density at radius 1 is 1.27 bits per heavy atom. The molecule has 0 spiro atoms. The Morgan fingerprint density at radius 3 is 2.65 bits per heavy atom. The van der Waals surface area contributed by atoms with Crippen LogP contribution in [-0.2, 0) is 11.3 Å². The molecule has 1 aliphatic heterocycles. The fourth-order valence-corrected chi connectivity index (χ4v) is 2.99. The van der Waals surface area contributed by atoms with Crippen molar-refractivity contribution in [1.29, 1.82) is 0 Å². The summed E-state index contributed by atoms with van der Waals surface area (Å²) in [5, 5.41) is 6.44. The van der Waals surface area contributed by atoms with Crippen LogP contribution in [0.15, 0.2) is 48.0 Å². The maximum Gasteiger partial charge on any atom is 0.191 e. The second-order valence-corrected chi connectivity index (χ2v) is 6.35. The van der Waals surface area contributed by atoms with Crippen molar-refractivity contribution in [3.05, 3.63) is 48.6 Å². The van der Waals surface area contributed by atoms with Crippen LogP contribution >= 0.6 is 24.0 Å². The monoisotopic (exact) mass is 472 g/mol. The van der Waals surface area contributed by atoms with Crippen LogP contribution in [0.2, 0.25) is 0 Å². The predicted molar refractivity (Wildman–Crippen MR) is 120 cm³/mol. The van der Waals surface area contributed by atoms with Crippen molar-refractivity contribution in [3.8, 4) is 0 Å². The number of rotatable bonds is 9. The maximum absolute atomic E-state index is 6.03. The van der Waals surface area contributed by atoms with Gasteiger partial charge < -0.3 is 15.4 Å². The van der Waals surface area contributed by atoms with Crippen LogP contribution in [0.4, 0.5) is 0 Å². The Kier molecular flexibility index (Phi) is 12.3. The van der Waals surface area contributed by atoms with Gasteiger partial charge in [-0.05, 0) is 24.8 Å². The molecule has 1 saturated heterocycles. The molecule has 6 heteroatoms. The lowest BCUT2D eigenvalue weighted by Gasteiger charge is -2.32. The maximum atomic E-state index is 6.03. The summed E-state index contributed by atoms with van der Waals surface area (Å²) in [6, 6.07) is 10.7. The molecule has 2 N–H and O–H groups in total. The van der Waals surface area contributed by atoms with E-state index in [1.54, 1.807) is 7.05 Å². The number of piperidine rings is 1. The molecule has 0 aromatic heterocycles. The topological polar surface area (TPSA) is 48.9 Å². The zero-order chi connectivity index (χ0) is 17.7. The first kappa shape index (κ1) is 22.9. The lowest BCUT2D eigenvalue weighted by molar-refractivity contribution is 0.00534. The van der Waals surface area contributed by atoms with Crippen molar-refractivity contribution < 1.29 is 4.74 Å². The highest BCUT2D eigenvalue weighted by Gasteiger charge is 2.19. The highest BCUT2D eigenvalue weighted by atomic mass is 127. The highest BCUT2D eigenvalue weighted by molar-refractivity contribution is 14.0. The van der Waals surface area contributed by atoms with Gasteiger partial charge in [0.15, 0.2) is 5.96 Å². The van der Waals surface area contributed by atoms with Crippen LogP contribution in [0, 0.1) is 0 Å². The largest absolute Gasteiger partial charge is 0.378 e. The molecule has 26 heavy (non-hydrogen) atoms. The van der Waals surface area contributed by atoms with Crippen molar-refractivity contribution in [2.24, 2.45) is 4.99 Å². The SMILES string of the molecule is C=CCNC(=NC)NCCCOC1CCN(Cc2ccccc2)CC1.I. The number of benzene rings is 1. The number of ether oxygens (including phenoxy) is 1. The average Bonchev–Trinajstić information content (AvgIpc) is 2.66. The summed E-state index contributed by atoms with van der Waals surface area (Å²) in [5.74, 6) is 0.814. The zero-order valence-electron chi connectivity index (χ0n) is 15.8. The molecule has 5 nitrogen and oxygen atoms in total. The van der Waals surface area contributed by atoms with Crippen LogP contribution < -0.4 is 10.6 Å². The van der Waals surface area contributed by atoms with E-state index in [4.69, 9.17) is 4.74 Å². The van der Waals surface area contributed by atoms with E-state index in [1.807, 2.05) is 6.08 Å². The van der Waals surface area contributed by atoms with Gasteiger partial charge in [0.05, 0.1) is 6.10 Å². The lowest BCUT2D eigenvalue weighted by atomic mass is 10.1. The molecule has 1 aromatic carbocycles. The molecule has 1 heterocycles. The summed E-state index contributed by atoms with van der Waals surface area (Å²) < 4.78 is 6.03. The number of hydrogen-bond donors (Lipinski definition) is 2. The molecule has 0 aliphatic carbocycles. The number of nitrogens with one attached hydrogen (secondary N) is 2. The van der Waals surface area contributed by atoms with Gasteiger partial charge in [-0.3, -0.25) is 9.89 Å². The van der Waals surface area contributed by atoms with Crippen LogP contribution in [-0.4, -0.2) is 56.8 Å². The first-order valence-electron chi connectivity index (χ1n) is 9.25. The van der Waals surface area contributed by atoms with Gasteiger partial charge >= 0.3 is 0 Å². The molecule has 0 atom stereocenters. The van der Waals surface area contributed by atoms with Crippen LogP contribution in [0.5, 0.6) is 0 Å². The minimum atomic E-state index is 0. The van der Waals surface area contributed by atoms with E-state index >= 15 is 0 Å². The summed E-state index contributed by atoms with van der Waals surface area (Å²) in [6.45, 7) is 9.37. The van der Waals surface area contributed by atoms with Gasteiger partial charge in [-0.2, -0.15) is 0 Å². The van der Waals surface area contributed by atoms with Crippen LogP contribution in [0.25, 0.3) is 0 Å². The molecule has 0 unspecified atom stereocenters. The Balaban J connectivity index is 0.00000338. The third kappa shape index (κ3) is 9.00. The Bertz CT molecular complexity index is 516. The summed E-state index contributed by atoms with van der Waals surface area (Å²) >= 11 is 0. The molecule has 0 amide bonds. The normalized spacial score (nSPS) is 16.0. The summed E-state index contributed by atoms with van der Waals surface area (Å²) in [5.41, 5.74) is 1.39. The van der Waals surface area contributed by atoms with E-state index in [0.29, 0.717) is 6.10 Å². The predicted octanol–water partition coefficient (Wildman–Crippen LogP) is 3.03. The minimum absolute atomic E-state index is 0. The first-order valence-corrected chi connectivity index (χ1v) is 9.25. The minimum Gasteiger partial charge on any atom is -0.378 e. The van der Waals surface area contributed by atoms with Crippen LogP contribution in [0.1, 0.15) is 24.8 Å². The molecule has 0 bridgehead atoms. The molecular weight excluding hydrogens is 439 g/mol. The molecule has 0 saturated carbocycles. The van der Waals surface area contributed by atoms with E-state index in [9.17, 15) is 0 Å². The molecule has 2 rings (SSSR count). The summed E-state index contributed by atoms with van der Waals surface area (Å²) in [7, 11) is 1.78. The first-order chi connectivity index (χ1) is 12.3. The number of guanidine groups is 1. The van der Waals surface area contributed by atoms with Crippen molar-refractivity contribution in [2.75, 3.05) is 39.8 Å². The van der Waals surface area contributed by atoms with Crippen molar-refractivity contribution in [2.45, 2.75) is 31.9 Å². The van der Waals surface area contributed by atoms with Crippen molar-refractivity contribution in [3.63, 3.8) is 0 Å². The van der Waals surface area contributed by atoms with E-state index in [0.717, 1.165) is 64.6 Å². The van der Waals surface area contributed by atoms with Gasteiger partial charge in [0.25, 0.3) is 0 Å². The van der Waals surface area contributed by atoms with E-state index in [1.165, 1.54) is 5.56 Å². The molecule has 1 fully saturated rings. The fourth-order valence-electron chi connectivity index (χ4n) is 2.99. The van der Waals surface area contributed by atoms with Crippen molar-refractivity contribution in [1.82, 2.24) is 15.5 Å². The van der Waals surface area contributed by atoms with Gasteiger partial charge in [0.1, 0.15) is 0 Å². The second kappa shape index (κ2) is 14.0. The summed E-state index contributed by atoms with van der Waals surface area (Å²) in [6.07, 6.45) is 5.47. The standard InChI is InChI=1S/C20H32N4O.HI/c1-3-12-22-20(21-2)23-13-7-16-25-19-10-14-24(15-11-19)17-18-8-5-4-6-9-18;/h3-6,8-9,19H,1,7,10-17H2,2H3,(H2,21,22,23);1H. The number of aliphatic imine (C=N–C) groups is 1. The molecule has 1 aromatic rings. The lowest BCUT2D eigenvalue weighted by Crippen LogP contribution is -2.38. The molecular formula is C20H33IN4O. The van der Waals surface area contributed by atoms with Gasteiger partial charge in [0.2, 0.25) is 0 Å². The molecule has 0 radical (unpaired) electrons. The number of hydrogen-bond acceptors (Lipinski definition) is 3. The number of nitrogens with zero attached hydrogens (tertiary/aromatic N) is 2. The van der Waals surface area contributed by atoms with E-state index in [-0.39, 0.29) is 24.0 Å². The van der Waals surface area contributed by atoms with Crippen molar-refractivity contribution >= 4 is 29.9 Å². The second-order valence-electron chi connectivity index (χ2n) is 6.35. The van der Waals surface area contributed by atoms with Gasteiger partial charge in [-0.25, -0.2) is 0 Å². The quantitative estimate of drug-likeness (QED) is 0.191. The number of likely N-dealkylation sites (tertiary alicyclic amines) is 1. The zero-order valence-corrected chi connectivity index (χ0v) is 18.2. The van der Waals surface area contributed by atoms with Gasteiger partial charge in [0, 0.05) is 46.4 Å². The summed E-state index contributed by atoms with van der Waals surface area (Å²) in [4.78, 5) is 6.68. The molecule has 1 aliphatic rings. The smallest absolute Gasteiger partial charge is 0.191 e. The Hall–Kier alpha value is -1.12. The third-order valence-electron chi connectivity index (χ3n) is 4.39. The Labute approximate surface area is 175 Å². The number of halogens is 1. The average molecular weight is 472 g/mol.